The summed E-state index contributed by atoms with van der Waals surface area (Å²) in [5.41, 5.74) is 7.32. The summed E-state index contributed by atoms with van der Waals surface area (Å²) in [6.07, 6.45) is 2.31. The lowest BCUT2D eigenvalue weighted by molar-refractivity contribution is -0.211. The lowest BCUT2D eigenvalue weighted by atomic mass is 10.00. The molecule has 1 aromatic carbocycles. The van der Waals surface area contributed by atoms with Gasteiger partial charge >= 0.3 is 0 Å². The van der Waals surface area contributed by atoms with Gasteiger partial charge in [-0.05, 0) is 31.4 Å². The van der Waals surface area contributed by atoms with E-state index in [1.165, 1.54) is 12.0 Å². The minimum absolute atomic E-state index is 0.0341. The highest BCUT2D eigenvalue weighted by atomic mass is 79.9. The third-order valence-corrected chi connectivity index (χ3v) is 3.78. The summed E-state index contributed by atoms with van der Waals surface area (Å²) in [5.74, 6) is 0. The first-order valence-corrected chi connectivity index (χ1v) is 6.89. The first-order valence-electron chi connectivity index (χ1n) is 6.09. The van der Waals surface area contributed by atoms with Crippen LogP contribution in [0.25, 0.3) is 0 Å². The Labute approximate surface area is 111 Å². The van der Waals surface area contributed by atoms with Gasteiger partial charge in [-0.3, -0.25) is 4.84 Å². The van der Waals surface area contributed by atoms with Crippen molar-refractivity contribution in [1.82, 2.24) is 5.06 Å². The standard InChI is InChI=1S/C13H19BrN2O/c1-10(15)13(16-8-4-5-9-17-16)11-6-2-3-7-12(11)14/h2-3,6-7,10,13H,4-5,8-9,15H2,1H3. The minimum Gasteiger partial charge on any atom is -0.326 e. The summed E-state index contributed by atoms with van der Waals surface area (Å²) < 4.78 is 1.09. The molecule has 1 fully saturated rings. The largest absolute Gasteiger partial charge is 0.326 e. The Morgan fingerprint density at radius 3 is 2.71 bits per heavy atom. The molecule has 0 aromatic heterocycles. The quantitative estimate of drug-likeness (QED) is 0.932. The molecule has 4 heteroatoms. The highest BCUT2D eigenvalue weighted by molar-refractivity contribution is 9.10. The molecule has 2 unspecified atom stereocenters. The fraction of sp³-hybridized carbons (Fsp3) is 0.538. The van der Waals surface area contributed by atoms with E-state index < -0.39 is 0 Å². The first kappa shape index (κ1) is 13.0. The summed E-state index contributed by atoms with van der Waals surface area (Å²) in [5, 5.41) is 2.04. The van der Waals surface area contributed by atoms with Gasteiger partial charge in [0.2, 0.25) is 0 Å². The molecule has 17 heavy (non-hydrogen) atoms. The van der Waals surface area contributed by atoms with Crippen molar-refractivity contribution in [3.05, 3.63) is 34.3 Å². The number of nitrogens with zero attached hydrogens (tertiary/aromatic N) is 1. The summed E-state index contributed by atoms with van der Waals surface area (Å²) in [7, 11) is 0. The minimum atomic E-state index is 0.0341. The van der Waals surface area contributed by atoms with E-state index in [4.69, 9.17) is 10.6 Å². The molecule has 94 valence electrons. The Hall–Kier alpha value is -0.420. The van der Waals surface area contributed by atoms with Gasteiger partial charge < -0.3 is 5.73 Å². The lowest BCUT2D eigenvalue weighted by Gasteiger charge is -2.36. The van der Waals surface area contributed by atoms with E-state index in [-0.39, 0.29) is 12.1 Å². The monoisotopic (exact) mass is 298 g/mol. The van der Waals surface area contributed by atoms with Gasteiger partial charge in [0, 0.05) is 17.1 Å². The van der Waals surface area contributed by atoms with Crippen LogP contribution in [0, 0.1) is 0 Å². The van der Waals surface area contributed by atoms with Crippen molar-refractivity contribution in [3.63, 3.8) is 0 Å². The van der Waals surface area contributed by atoms with Crippen LogP contribution >= 0.6 is 15.9 Å². The zero-order chi connectivity index (χ0) is 12.3. The molecule has 0 bridgehead atoms. The van der Waals surface area contributed by atoms with Crippen LogP contribution in [0.15, 0.2) is 28.7 Å². The summed E-state index contributed by atoms with van der Waals surface area (Å²) in [4.78, 5) is 5.74. The molecule has 0 aliphatic carbocycles. The van der Waals surface area contributed by atoms with Crippen LogP contribution in [0.5, 0.6) is 0 Å². The average Bonchev–Trinajstić information content (AvgIpc) is 2.33. The highest BCUT2D eigenvalue weighted by Gasteiger charge is 2.27. The maximum atomic E-state index is 6.13. The molecule has 0 amide bonds. The summed E-state index contributed by atoms with van der Waals surface area (Å²) in [6.45, 7) is 3.78. The molecular weight excluding hydrogens is 280 g/mol. The molecule has 0 radical (unpaired) electrons. The van der Waals surface area contributed by atoms with E-state index in [2.05, 4.69) is 28.1 Å². The summed E-state index contributed by atoms with van der Waals surface area (Å²) >= 11 is 3.59. The molecule has 1 aromatic rings. The van der Waals surface area contributed by atoms with Gasteiger partial charge in [-0.25, -0.2) is 0 Å². The van der Waals surface area contributed by atoms with Gasteiger partial charge in [-0.1, -0.05) is 34.1 Å². The van der Waals surface area contributed by atoms with Crippen LogP contribution in [-0.4, -0.2) is 24.3 Å². The predicted octanol–water partition coefficient (Wildman–Crippen LogP) is 2.86. The second-order valence-corrected chi connectivity index (χ2v) is 5.36. The molecule has 2 N–H and O–H groups in total. The third kappa shape index (κ3) is 3.07. The number of halogens is 1. The first-order chi connectivity index (χ1) is 8.20. The fourth-order valence-corrected chi connectivity index (χ4v) is 2.77. The van der Waals surface area contributed by atoms with Gasteiger partial charge in [0.05, 0.1) is 12.6 Å². The van der Waals surface area contributed by atoms with Crippen molar-refractivity contribution in [1.29, 1.82) is 0 Å². The van der Waals surface area contributed by atoms with Crippen molar-refractivity contribution in [3.8, 4) is 0 Å². The molecule has 2 atom stereocenters. The third-order valence-electron chi connectivity index (χ3n) is 3.06. The molecule has 1 aliphatic heterocycles. The molecule has 0 spiro atoms. The summed E-state index contributed by atoms with van der Waals surface area (Å²) in [6, 6.07) is 8.37. The molecule has 2 rings (SSSR count). The Morgan fingerprint density at radius 1 is 1.35 bits per heavy atom. The van der Waals surface area contributed by atoms with Crippen molar-refractivity contribution in [2.45, 2.75) is 31.8 Å². The second-order valence-electron chi connectivity index (χ2n) is 4.51. The van der Waals surface area contributed by atoms with Gasteiger partial charge in [0.1, 0.15) is 0 Å². The highest BCUT2D eigenvalue weighted by Crippen LogP contribution is 2.31. The number of benzene rings is 1. The average molecular weight is 299 g/mol. The van der Waals surface area contributed by atoms with Crippen LogP contribution in [0.2, 0.25) is 0 Å². The van der Waals surface area contributed by atoms with Crippen LogP contribution in [0.4, 0.5) is 0 Å². The Balaban J connectivity index is 2.25. The van der Waals surface area contributed by atoms with Crippen molar-refractivity contribution in [2.24, 2.45) is 5.73 Å². The normalized spacial score (nSPS) is 21.1. The van der Waals surface area contributed by atoms with Gasteiger partial charge in [0.15, 0.2) is 0 Å². The van der Waals surface area contributed by atoms with Crippen molar-refractivity contribution in [2.75, 3.05) is 13.2 Å². The van der Waals surface area contributed by atoms with Gasteiger partial charge in [-0.2, -0.15) is 5.06 Å². The Bertz CT molecular complexity index is 364. The van der Waals surface area contributed by atoms with Gasteiger partial charge in [-0.15, -0.1) is 0 Å². The van der Waals surface area contributed by atoms with Gasteiger partial charge in [0.25, 0.3) is 0 Å². The van der Waals surface area contributed by atoms with E-state index in [1.54, 1.807) is 0 Å². The van der Waals surface area contributed by atoms with Crippen LogP contribution in [0.3, 0.4) is 0 Å². The lowest BCUT2D eigenvalue weighted by Crippen LogP contribution is -2.42. The van der Waals surface area contributed by atoms with Crippen LogP contribution in [-0.2, 0) is 4.84 Å². The Morgan fingerprint density at radius 2 is 2.12 bits per heavy atom. The van der Waals surface area contributed by atoms with E-state index in [1.807, 2.05) is 24.1 Å². The Kier molecular flexibility index (Phi) is 4.56. The van der Waals surface area contributed by atoms with E-state index >= 15 is 0 Å². The zero-order valence-corrected chi connectivity index (χ0v) is 11.7. The van der Waals surface area contributed by atoms with E-state index in [9.17, 15) is 0 Å². The van der Waals surface area contributed by atoms with Crippen molar-refractivity contribution >= 4 is 15.9 Å². The topological polar surface area (TPSA) is 38.5 Å². The molecule has 1 saturated heterocycles. The number of hydrogen-bond acceptors (Lipinski definition) is 3. The molecule has 0 saturated carbocycles. The molecular formula is C13H19BrN2O. The smallest absolute Gasteiger partial charge is 0.0761 e. The maximum Gasteiger partial charge on any atom is 0.0761 e. The zero-order valence-electron chi connectivity index (χ0n) is 10.1. The SMILES string of the molecule is CC(N)C(c1ccccc1Br)N1CCCCO1. The number of hydroxylamine groups is 2. The van der Waals surface area contributed by atoms with Crippen molar-refractivity contribution < 1.29 is 4.84 Å². The van der Waals surface area contributed by atoms with Crippen LogP contribution in [0.1, 0.15) is 31.4 Å². The maximum absolute atomic E-state index is 6.13. The number of hydrogen-bond donors (Lipinski definition) is 1. The van der Waals surface area contributed by atoms with Crippen LogP contribution < -0.4 is 5.73 Å². The number of rotatable bonds is 3. The number of nitrogens with two attached hydrogens (primary N) is 1. The molecule has 1 aliphatic rings. The predicted molar refractivity (Wildman–Crippen MR) is 72.4 cm³/mol. The fourth-order valence-electron chi connectivity index (χ4n) is 2.25. The molecule has 1 heterocycles. The van der Waals surface area contributed by atoms with E-state index in [0.29, 0.717) is 0 Å². The van der Waals surface area contributed by atoms with E-state index in [0.717, 1.165) is 24.0 Å². The molecule has 3 nitrogen and oxygen atoms in total. The second kappa shape index (κ2) is 5.96.